The first-order chi connectivity index (χ1) is 9.16. The summed E-state index contributed by atoms with van der Waals surface area (Å²) >= 11 is 0. The van der Waals surface area contributed by atoms with Crippen molar-refractivity contribution in [2.45, 2.75) is 6.92 Å². The summed E-state index contributed by atoms with van der Waals surface area (Å²) in [6, 6.07) is 11.5. The monoisotopic (exact) mass is 254 g/mol. The molecule has 3 rings (SSSR count). The van der Waals surface area contributed by atoms with Gasteiger partial charge in [-0.1, -0.05) is 6.07 Å². The Balaban J connectivity index is 2.31. The van der Waals surface area contributed by atoms with Gasteiger partial charge in [0, 0.05) is 18.7 Å². The normalized spacial score (nSPS) is 10.8. The van der Waals surface area contributed by atoms with Gasteiger partial charge >= 0.3 is 0 Å². The Morgan fingerprint density at radius 2 is 1.89 bits per heavy atom. The Morgan fingerprint density at radius 1 is 1.16 bits per heavy atom. The molecule has 3 aromatic rings. The van der Waals surface area contributed by atoms with Crippen molar-refractivity contribution in [1.82, 2.24) is 9.38 Å². The first-order valence-corrected chi connectivity index (χ1v) is 5.91. The second-order valence-corrected chi connectivity index (χ2v) is 4.30. The molecule has 0 fully saturated rings. The fourth-order valence-electron chi connectivity index (χ4n) is 2.14. The predicted octanol–water partition coefficient (Wildman–Crippen LogP) is 3.34. The van der Waals surface area contributed by atoms with Gasteiger partial charge in [-0.15, -0.1) is 0 Å². The largest absolute Gasteiger partial charge is 0.297 e. The molecule has 0 atom stereocenters. The van der Waals surface area contributed by atoms with E-state index in [1.165, 1.54) is 19.1 Å². The molecule has 0 unspecified atom stereocenters. The van der Waals surface area contributed by atoms with Crippen LogP contribution in [0.2, 0.25) is 0 Å². The van der Waals surface area contributed by atoms with Crippen molar-refractivity contribution >= 4 is 11.4 Å². The van der Waals surface area contributed by atoms with E-state index in [1.54, 1.807) is 22.7 Å². The quantitative estimate of drug-likeness (QED) is 0.657. The summed E-state index contributed by atoms with van der Waals surface area (Å²) in [5.41, 5.74) is 2.53. The molecule has 0 amide bonds. The van der Waals surface area contributed by atoms with Gasteiger partial charge in [-0.3, -0.25) is 9.20 Å². The van der Waals surface area contributed by atoms with Crippen LogP contribution in [0.1, 0.15) is 17.4 Å². The Kier molecular flexibility index (Phi) is 2.63. The molecule has 19 heavy (non-hydrogen) atoms. The first-order valence-electron chi connectivity index (χ1n) is 5.91. The minimum Gasteiger partial charge on any atom is -0.297 e. The number of nitrogens with zero attached hydrogens (tertiary/aromatic N) is 2. The molecule has 2 aromatic heterocycles. The van der Waals surface area contributed by atoms with Gasteiger partial charge in [0.15, 0.2) is 5.78 Å². The molecule has 0 saturated heterocycles. The van der Waals surface area contributed by atoms with Crippen LogP contribution in [0, 0.1) is 5.82 Å². The van der Waals surface area contributed by atoms with E-state index in [9.17, 15) is 9.18 Å². The highest BCUT2D eigenvalue weighted by Gasteiger charge is 2.17. The van der Waals surface area contributed by atoms with Gasteiger partial charge in [0.05, 0.1) is 0 Å². The third kappa shape index (κ3) is 1.91. The number of rotatable bonds is 2. The highest BCUT2D eigenvalue weighted by molar-refractivity contribution is 5.99. The molecule has 0 radical (unpaired) electrons. The minimum absolute atomic E-state index is 0.0713. The molecule has 0 aliphatic carbocycles. The molecule has 0 aliphatic rings. The number of imidazole rings is 1. The summed E-state index contributed by atoms with van der Waals surface area (Å²) in [6.07, 6.45) is 1.80. The molecule has 0 aliphatic heterocycles. The number of carbonyl (C=O) groups is 1. The smallest absolute Gasteiger partial charge is 0.178 e. The number of Topliss-reactive ketones (excluding diaryl/α,β-unsaturated/α-hetero) is 1. The van der Waals surface area contributed by atoms with Gasteiger partial charge < -0.3 is 0 Å². The van der Waals surface area contributed by atoms with E-state index in [0.29, 0.717) is 17.0 Å². The standard InChI is InChI=1S/C15H11FN2O/c1-10(19)15-14(11-5-7-12(16)8-6-11)17-13-4-2-3-9-18(13)15/h2-9H,1H3. The molecule has 1 aromatic carbocycles. The van der Waals surface area contributed by atoms with Gasteiger partial charge in [0.25, 0.3) is 0 Å². The van der Waals surface area contributed by atoms with Crippen molar-refractivity contribution < 1.29 is 9.18 Å². The van der Waals surface area contributed by atoms with Crippen LogP contribution >= 0.6 is 0 Å². The third-order valence-electron chi connectivity index (χ3n) is 2.98. The van der Waals surface area contributed by atoms with E-state index in [-0.39, 0.29) is 11.6 Å². The van der Waals surface area contributed by atoms with Crippen LogP contribution in [0.25, 0.3) is 16.9 Å². The average molecular weight is 254 g/mol. The zero-order valence-corrected chi connectivity index (χ0v) is 10.3. The van der Waals surface area contributed by atoms with Crippen LogP contribution in [0.5, 0.6) is 0 Å². The second-order valence-electron chi connectivity index (χ2n) is 4.30. The van der Waals surface area contributed by atoms with E-state index >= 15 is 0 Å². The Labute approximate surface area is 109 Å². The lowest BCUT2D eigenvalue weighted by Crippen LogP contribution is -2.00. The SMILES string of the molecule is CC(=O)c1c(-c2ccc(F)cc2)nc2ccccn12. The maximum Gasteiger partial charge on any atom is 0.178 e. The van der Waals surface area contributed by atoms with Crippen molar-refractivity contribution in [1.29, 1.82) is 0 Å². The molecule has 0 bridgehead atoms. The fraction of sp³-hybridized carbons (Fsp3) is 0.0667. The summed E-state index contributed by atoms with van der Waals surface area (Å²) in [4.78, 5) is 16.3. The second kappa shape index (κ2) is 4.31. The van der Waals surface area contributed by atoms with Crippen LogP contribution in [-0.2, 0) is 0 Å². The van der Waals surface area contributed by atoms with Crippen molar-refractivity contribution in [3.05, 3.63) is 60.2 Å². The number of pyridine rings is 1. The number of benzene rings is 1. The van der Waals surface area contributed by atoms with Gasteiger partial charge in [0.1, 0.15) is 22.9 Å². The zero-order chi connectivity index (χ0) is 13.4. The van der Waals surface area contributed by atoms with Crippen LogP contribution in [0.15, 0.2) is 48.7 Å². The van der Waals surface area contributed by atoms with Gasteiger partial charge in [-0.25, -0.2) is 9.37 Å². The molecule has 94 valence electrons. The summed E-state index contributed by atoms with van der Waals surface area (Å²) in [5.74, 6) is -0.380. The topological polar surface area (TPSA) is 34.4 Å². The highest BCUT2D eigenvalue weighted by atomic mass is 19.1. The lowest BCUT2D eigenvalue weighted by Gasteiger charge is -2.01. The Morgan fingerprint density at radius 3 is 2.58 bits per heavy atom. The van der Waals surface area contributed by atoms with E-state index in [2.05, 4.69) is 4.98 Å². The first kappa shape index (κ1) is 11.6. The minimum atomic E-state index is -0.308. The summed E-state index contributed by atoms with van der Waals surface area (Å²) in [6.45, 7) is 1.50. The van der Waals surface area contributed by atoms with E-state index < -0.39 is 0 Å². The van der Waals surface area contributed by atoms with E-state index in [1.807, 2.05) is 18.2 Å². The van der Waals surface area contributed by atoms with Crippen molar-refractivity contribution in [3.8, 4) is 11.3 Å². The summed E-state index contributed by atoms with van der Waals surface area (Å²) in [7, 11) is 0. The van der Waals surface area contributed by atoms with Gasteiger partial charge in [-0.2, -0.15) is 0 Å². The molecule has 4 heteroatoms. The van der Waals surface area contributed by atoms with Crippen molar-refractivity contribution in [2.24, 2.45) is 0 Å². The summed E-state index contributed by atoms with van der Waals surface area (Å²) < 4.78 is 14.7. The van der Waals surface area contributed by atoms with Gasteiger partial charge in [-0.05, 0) is 36.4 Å². The number of carbonyl (C=O) groups excluding carboxylic acids is 1. The number of fused-ring (bicyclic) bond motifs is 1. The molecular formula is C15H11FN2O. The van der Waals surface area contributed by atoms with Crippen molar-refractivity contribution in [2.75, 3.05) is 0 Å². The van der Waals surface area contributed by atoms with Gasteiger partial charge in [0.2, 0.25) is 0 Å². The highest BCUT2D eigenvalue weighted by Crippen LogP contribution is 2.25. The fourth-order valence-corrected chi connectivity index (χ4v) is 2.14. The van der Waals surface area contributed by atoms with Crippen LogP contribution in [0.3, 0.4) is 0 Å². The maximum atomic E-state index is 13.0. The number of hydrogen-bond acceptors (Lipinski definition) is 2. The molecule has 3 nitrogen and oxygen atoms in total. The molecule has 0 N–H and O–H groups in total. The van der Waals surface area contributed by atoms with Crippen LogP contribution in [-0.4, -0.2) is 15.2 Å². The average Bonchev–Trinajstić information content (AvgIpc) is 2.78. The summed E-state index contributed by atoms with van der Waals surface area (Å²) in [5, 5.41) is 0. The zero-order valence-electron chi connectivity index (χ0n) is 10.3. The lowest BCUT2D eigenvalue weighted by atomic mass is 10.1. The molecule has 2 heterocycles. The molecule has 0 saturated carbocycles. The number of halogens is 1. The van der Waals surface area contributed by atoms with E-state index in [0.717, 1.165) is 5.56 Å². The van der Waals surface area contributed by atoms with E-state index in [4.69, 9.17) is 0 Å². The maximum absolute atomic E-state index is 13.0. The lowest BCUT2D eigenvalue weighted by molar-refractivity contribution is 0.101. The number of ketones is 1. The van der Waals surface area contributed by atoms with Crippen molar-refractivity contribution in [3.63, 3.8) is 0 Å². The third-order valence-corrected chi connectivity index (χ3v) is 2.98. The number of aromatic nitrogens is 2. The Bertz CT molecular complexity index is 759. The Hall–Kier alpha value is -2.49. The number of hydrogen-bond donors (Lipinski definition) is 0. The molecular weight excluding hydrogens is 243 g/mol. The predicted molar refractivity (Wildman–Crippen MR) is 70.6 cm³/mol. The van der Waals surface area contributed by atoms with Crippen LogP contribution < -0.4 is 0 Å². The van der Waals surface area contributed by atoms with Crippen LogP contribution in [0.4, 0.5) is 4.39 Å². The molecule has 0 spiro atoms.